The fraction of sp³-hybridized carbons (Fsp3) is 0.344. The van der Waals surface area contributed by atoms with E-state index >= 15 is 0 Å². The van der Waals surface area contributed by atoms with Gasteiger partial charge in [0.15, 0.2) is 0 Å². The van der Waals surface area contributed by atoms with Gasteiger partial charge in [0.05, 0.1) is 25.6 Å². The molecule has 38 heavy (non-hydrogen) atoms. The Bertz CT molecular complexity index is 1310. The van der Waals surface area contributed by atoms with Crippen molar-refractivity contribution in [1.82, 2.24) is 14.5 Å². The molecule has 2 heterocycles. The minimum Gasteiger partial charge on any atom is -0.497 e. The summed E-state index contributed by atoms with van der Waals surface area (Å²) in [6.07, 6.45) is 3.96. The van der Waals surface area contributed by atoms with Crippen molar-refractivity contribution in [3.63, 3.8) is 0 Å². The van der Waals surface area contributed by atoms with Gasteiger partial charge >= 0.3 is 0 Å². The van der Waals surface area contributed by atoms with E-state index in [1.165, 1.54) is 32.4 Å². The topological polar surface area (TPSA) is 48.8 Å². The molecule has 0 N–H and O–H groups in total. The Morgan fingerprint density at radius 1 is 0.684 bits per heavy atom. The number of piperidine rings is 1. The lowest BCUT2D eigenvalue weighted by Crippen LogP contribution is -2.33. The van der Waals surface area contributed by atoms with Crippen LogP contribution in [0.2, 0.25) is 0 Å². The average Bonchev–Trinajstić information content (AvgIpc) is 3.38. The minimum absolute atomic E-state index is 0.714. The minimum atomic E-state index is 0.714. The first-order valence-electron chi connectivity index (χ1n) is 13.5. The summed E-state index contributed by atoms with van der Waals surface area (Å²) in [6.45, 7) is 7.02. The highest BCUT2D eigenvalue weighted by molar-refractivity contribution is 5.82. The van der Waals surface area contributed by atoms with Crippen molar-refractivity contribution in [3.8, 4) is 51.2 Å². The molecule has 0 aliphatic carbocycles. The summed E-state index contributed by atoms with van der Waals surface area (Å²) in [6, 6.07) is 24.6. The van der Waals surface area contributed by atoms with Gasteiger partial charge in [0.1, 0.15) is 29.7 Å². The second-order valence-corrected chi connectivity index (χ2v) is 9.61. The normalized spacial score (nSPS) is 13.9. The van der Waals surface area contributed by atoms with E-state index in [9.17, 15) is 0 Å². The predicted molar refractivity (Wildman–Crippen MR) is 153 cm³/mol. The highest BCUT2D eigenvalue weighted by Crippen LogP contribution is 2.37. The van der Waals surface area contributed by atoms with E-state index in [1.54, 1.807) is 14.2 Å². The molecular formula is C32H37N3O3. The molecule has 0 amide bonds. The molecule has 1 fully saturated rings. The quantitative estimate of drug-likeness (QED) is 0.235. The summed E-state index contributed by atoms with van der Waals surface area (Å²) in [5, 5.41) is 0. The predicted octanol–water partition coefficient (Wildman–Crippen LogP) is 6.79. The number of likely N-dealkylation sites (tertiary alicyclic amines) is 1. The summed E-state index contributed by atoms with van der Waals surface area (Å²) in [7, 11) is 3.37. The summed E-state index contributed by atoms with van der Waals surface area (Å²) in [4.78, 5) is 7.69. The third-order valence-electron chi connectivity index (χ3n) is 7.25. The molecule has 0 radical (unpaired) electrons. The van der Waals surface area contributed by atoms with Crippen molar-refractivity contribution in [2.45, 2.75) is 32.7 Å². The molecule has 5 rings (SSSR count). The Balaban J connectivity index is 1.45. The van der Waals surface area contributed by atoms with E-state index in [2.05, 4.69) is 64.9 Å². The lowest BCUT2D eigenvalue weighted by atomic mass is 10.0. The molecule has 4 aromatic rings. The van der Waals surface area contributed by atoms with Gasteiger partial charge in [-0.15, -0.1) is 0 Å². The van der Waals surface area contributed by atoms with Gasteiger partial charge in [-0.2, -0.15) is 0 Å². The fourth-order valence-electron chi connectivity index (χ4n) is 5.15. The number of rotatable bonds is 10. The number of imidazole rings is 1. The maximum Gasteiger partial charge on any atom is 0.141 e. The number of aromatic nitrogens is 2. The summed E-state index contributed by atoms with van der Waals surface area (Å²) < 4.78 is 19.1. The number of methoxy groups -OCH3 is 2. The van der Waals surface area contributed by atoms with Gasteiger partial charge < -0.3 is 18.8 Å². The van der Waals surface area contributed by atoms with Gasteiger partial charge in [-0.1, -0.05) is 6.42 Å². The van der Waals surface area contributed by atoms with Crippen LogP contribution in [0.5, 0.6) is 17.2 Å². The van der Waals surface area contributed by atoms with Gasteiger partial charge in [-0.3, -0.25) is 4.90 Å². The number of hydrogen-bond donors (Lipinski definition) is 0. The molecule has 0 bridgehead atoms. The summed E-state index contributed by atoms with van der Waals surface area (Å²) in [5.74, 6) is 3.49. The van der Waals surface area contributed by atoms with Crippen molar-refractivity contribution in [2.75, 3.05) is 40.5 Å². The number of benzene rings is 3. The molecule has 1 aliphatic rings. The third-order valence-corrected chi connectivity index (χ3v) is 7.25. The molecule has 6 nitrogen and oxygen atoms in total. The smallest absolute Gasteiger partial charge is 0.141 e. The SMILES string of the molecule is CCn1c(-c2ccc(OCCN3CCCCC3)cc2)nc(-c2ccc(OC)cc2)c1-c1ccc(OC)cc1. The Morgan fingerprint density at radius 3 is 1.82 bits per heavy atom. The zero-order valence-corrected chi connectivity index (χ0v) is 22.7. The molecule has 198 valence electrons. The zero-order chi connectivity index (χ0) is 26.3. The number of nitrogens with zero attached hydrogens (tertiary/aromatic N) is 3. The first-order chi connectivity index (χ1) is 18.7. The van der Waals surface area contributed by atoms with Crippen molar-refractivity contribution in [2.24, 2.45) is 0 Å². The largest absolute Gasteiger partial charge is 0.497 e. The lowest BCUT2D eigenvalue weighted by Gasteiger charge is -2.26. The molecule has 6 heteroatoms. The second-order valence-electron chi connectivity index (χ2n) is 9.61. The van der Waals surface area contributed by atoms with Crippen molar-refractivity contribution < 1.29 is 14.2 Å². The van der Waals surface area contributed by atoms with Crippen LogP contribution in [0.1, 0.15) is 26.2 Å². The standard InChI is InChI=1S/C32H37N3O3/c1-4-35-31(25-10-16-28(37-3)17-11-25)30(24-8-14-27(36-2)15-9-24)33-32(35)26-12-18-29(19-13-26)38-23-22-34-20-6-5-7-21-34/h8-19H,4-7,20-23H2,1-3H3. The fourth-order valence-corrected chi connectivity index (χ4v) is 5.15. The maximum absolute atomic E-state index is 6.07. The molecule has 0 spiro atoms. The first kappa shape index (κ1) is 25.9. The summed E-state index contributed by atoms with van der Waals surface area (Å²) >= 11 is 0. The Kier molecular flexibility index (Phi) is 8.29. The van der Waals surface area contributed by atoms with Gasteiger partial charge in [0.2, 0.25) is 0 Å². The van der Waals surface area contributed by atoms with Crippen molar-refractivity contribution >= 4 is 0 Å². The van der Waals surface area contributed by atoms with E-state index in [0.717, 1.165) is 64.2 Å². The van der Waals surface area contributed by atoms with E-state index < -0.39 is 0 Å². The van der Waals surface area contributed by atoms with Crippen LogP contribution in [0.25, 0.3) is 33.9 Å². The van der Waals surface area contributed by atoms with Crippen LogP contribution in [0.4, 0.5) is 0 Å². The molecule has 3 aromatic carbocycles. The van der Waals surface area contributed by atoms with Crippen LogP contribution >= 0.6 is 0 Å². The van der Waals surface area contributed by atoms with E-state index in [4.69, 9.17) is 19.2 Å². The molecule has 1 aliphatic heterocycles. The van der Waals surface area contributed by atoms with Crippen LogP contribution in [-0.4, -0.2) is 54.9 Å². The molecule has 0 atom stereocenters. The highest BCUT2D eigenvalue weighted by Gasteiger charge is 2.21. The first-order valence-corrected chi connectivity index (χ1v) is 13.5. The maximum atomic E-state index is 6.07. The van der Waals surface area contributed by atoms with E-state index in [0.29, 0.717) is 6.61 Å². The van der Waals surface area contributed by atoms with Crippen molar-refractivity contribution in [1.29, 1.82) is 0 Å². The lowest BCUT2D eigenvalue weighted by molar-refractivity contribution is 0.183. The van der Waals surface area contributed by atoms with Crippen LogP contribution in [0.3, 0.4) is 0 Å². The average molecular weight is 512 g/mol. The molecular weight excluding hydrogens is 474 g/mol. The highest BCUT2D eigenvalue weighted by atomic mass is 16.5. The van der Waals surface area contributed by atoms with Crippen molar-refractivity contribution in [3.05, 3.63) is 72.8 Å². The van der Waals surface area contributed by atoms with Crippen LogP contribution in [0, 0.1) is 0 Å². The van der Waals surface area contributed by atoms with E-state index in [1.807, 2.05) is 24.3 Å². The second kappa shape index (κ2) is 12.2. The Labute approximate surface area is 225 Å². The van der Waals surface area contributed by atoms with Crippen LogP contribution in [0.15, 0.2) is 72.8 Å². The van der Waals surface area contributed by atoms with Crippen LogP contribution in [-0.2, 0) is 6.54 Å². The van der Waals surface area contributed by atoms with Gasteiger partial charge in [0.25, 0.3) is 0 Å². The molecule has 1 aromatic heterocycles. The Hall–Kier alpha value is -3.77. The van der Waals surface area contributed by atoms with Gasteiger partial charge in [-0.05, 0) is 106 Å². The number of hydrogen-bond acceptors (Lipinski definition) is 5. The monoisotopic (exact) mass is 511 g/mol. The van der Waals surface area contributed by atoms with Crippen LogP contribution < -0.4 is 14.2 Å². The molecule has 0 unspecified atom stereocenters. The number of ether oxygens (including phenoxy) is 3. The molecule has 1 saturated heterocycles. The zero-order valence-electron chi connectivity index (χ0n) is 22.7. The Morgan fingerprint density at radius 2 is 1.24 bits per heavy atom. The van der Waals surface area contributed by atoms with E-state index in [-0.39, 0.29) is 0 Å². The molecule has 0 saturated carbocycles. The summed E-state index contributed by atoms with van der Waals surface area (Å²) in [5.41, 5.74) is 5.22. The van der Waals surface area contributed by atoms with Gasteiger partial charge in [0, 0.05) is 29.8 Å². The van der Waals surface area contributed by atoms with Gasteiger partial charge in [-0.25, -0.2) is 4.98 Å². The third kappa shape index (κ3) is 5.70.